The molecule has 25 heavy (non-hydrogen) atoms. The van der Waals surface area contributed by atoms with Crippen molar-refractivity contribution in [2.75, 3.05) is 31.1 Å². The van der Waals surface area contributed by atoms with Gasteiger partial charge in [0.2, 0.25) is 5.91 Å². The molecule has 0 spiro atoms. The molecule has 0 bridgehead atoms. The molecule has 1 aliphatic heterocycles. The second-order valence-electron chi connectivity index (χ2n) is 5.94. The van der Waals surface area contributed by atoms with Crippen LogP contribution in [0.15, 0.2) is 48.7 Å². The summed E-state index contributed by atoms with van der Waals surface area (Å²) >= 11 is 0. The standard InChI is InChI=1S/C18H20N4O3/c19-17(23)16(13-4-2-1-3-5-13)22-10-8-21(9-11-22)14-6-7-20-15(12-14)18(24)25/h1-7,12,16H,8-11H2,(H2,19,23)(H,24,25). The van der Waals surface area contributed by atoms with Crippen molar-refractivity contribution in [2.24, 2.45) is 5.73 Å². The van der Waals surface area contributed by atoms with E-state index < -0.39 is 12.0 Å². The Morgan fingerprint density at radius 1 is 1.08 bits per heavy atom. The number of carbonyl (C=O) groups excluding carboxylic acids is 1. The SMILES string of the molecule is NC(=O)C(c1ccccc1)N1CCN(c2ccnc(C(=O)O)c2)CC1. The van der Waals surface area contributed by atoms with Crippen molar-refractivity contribution in [1.82, 2.24) is 9.88 Å². The first-order chi connectivity index (χ1) is 12.1. The maximum atomic E-state index is 12.0. The quantitative estimate of drug-likeness (QED) is 0.846. The van der Waals surface area contributed by atoms with Crippen LogP contribution >= 0.6 is 0 Å². The molecule has 1 atom stereocenters. The minimum absolute atomic E-state index is 0.0271. The molecule has 2 aromatic rings. The minimum Gasteiger partial charge on any atom is -0.477 e. The fourth-order valence-electron chi connectivity index (χ4n) is 3.16. The molecular weight excluding hydrogens is 320 g/mol. The van der Waals surface area contributed by atoms with Crippen molar-refractivity contribution in [3.8, 4) is 0 Å². The van der Waals surface area contributed by atoms with Gasteiger partial charge in [0.05, 0.1) is 0 Å². The molecule has 3 N–H and O–H groups in total. The number of amides is 1. The molecule has 7 heteroatoms. The number of hydrogen-bond acceptors (Lipinski definition) is 5. The number of hydrogen-bond donors (Lipinski definition) is 2. The van der Waals surface area contributed by atoms with Crippen molar-refractivity contribution in [2.45, 2.75) is 6.04 Å². The van der Waals surface area contributed by atoms with Gasteiger partial charge in [0, 0.05) is 38.1 Å². The molecule has 7 nitrogen and oxygen atoms in total. The molecule has 0 aliphatic carbocycles. The average molecular weight is 340 g/mol. The monoisotopic (exact) mass is 340 g/mol. The zero-order valence-electron chi connectivity index (χ0n) is 13.7. The molecule has 1 amide bonds. The van der Waals surface area contributed by atoms with Crippen LogP contribution < -0.4 is 10.6 Å². The highest BCUT2D eigenvalue weighted by atomic mass is 16.4. The van der Waals surface area contributed by atoms with Gasteiger partial charge in [0.15, 0.2) is 0 Å². The second kappa shape index (κ2) is 7.31. The van der Waals surface area contributed by atoms with Crippen LogP contribution in [0.3, 0.4) is 0 Å². The normalized spacial score (nSPS) is 16.4. The fraction of sp³-hybridized carbons (Fsp3) is 0.278. The number of aromatic carboxylic acids is 1. The van der Waals surface area contributed by atoms with Crippen molar-refractivity contribution < 1.29 is 14.7 Å². The van der Waals surface area contributed by atoms with E-state index in [1.807, 2.05) is 30.3 Å². The Hall–Kier alpha value is -2.93. The maximum Gasteiger partial charge on any atom is 0.354 e. The zero-order chi connectivity index (χ0) is 17.8. The van der Waals surface area contributed by atoms with Crippen LogP contribution in [0.4, 0.5) is 5.69 Å². The largest absolute Gasteiger partial charge is 0.477 e. The Morgan fingerprint density at radius 3 is 2.36 bits per heavy atom. The van der Waals surface area contributed by atoms with Gasteiger partial charge in [-0.2, -0.15) is 0 Å². The Labute approximate surface area is 145 Å². The van der Waals surface area contributed by atoms with Gasteiger partial charge in [-0.15, -0.1) is 0 Å². The molecule has 0 saturated carbocycles. The van der Waals surface area contributed by atoms with Gasteiger partial charge in [-0.05, 0) is 17.7 Å². The van der Waals surface area contributed by atoms with Crippen LogP contribution in [-0.2, 0) is 4.79 Å². The summed E-state index contributed by atoms with van der Waals surface area (Å²) in [6.45, 7) is 2.68. The number of carboxylic acid groups (broad SMARTS) is 1. The van der Waals surface area contributed by atoms with Gasteiger partial charge in [-0.3, -0.25) is 9.69 Å². The summed E-state index contributed by atoms with van der Waals surface area (Å²) < 4.78 is 0. The Bertz CT molecular complexity index is 758. The van der Waals surface area contributed by atoms with Crippen LogP contribution in [0, 0.1) is 0 Å². The number of carbonyl (C=O) groups is 2. The van der Waals surface area contributed by atoms with Crippen molar-refractivity contribution in [3.05, 3.63) is 59.9 Å². The highest BCUT2D eigenvalue weighted by Crippen LogP contribution is 2.24. The summed E-state index contributed by atoms with van der Waals surface area (Å²) in [6, 6.07) is 12.4. The lowest BCUT2D eigenvalue weighted by Gasteiger charge is -2.39. The number of carboxylic acids is 1. The number of benzene rings is 1. The predicted molar refractivity (Wildman–Crippen MR) is 93.4 cm³/mol. The van der Waals surface area contributed by atoms with Gasteiger partial charge >= 0.3 is 5.97 Å². The number of aromatic nitrogens is 1. The molecule has 1 aliphatic rings. The van der Waals surface area contributed by atoms with Crippen LogP contribution in [0.5, 0.6) is 0 Å². The summed E-state index contributed by atoms with van der Waals surface area (Å²) in [4.78, 5) is 31.0. The third-order valence-corrected chi connectivity index (χ3v) is 4.39. The number of nitrogens with two attached hydrogens (primary N) is 1. The Kier molecular flexibility index (Phi) is 4.95. The van der Waals surface area contributed by atoms with Gasteiger partial charge in [-0.1, -0.05) is 30.3 Å². The summed E-state index contributed by atoms with van der Waals surface area (Å²) in [5, 5.41) is 9.07. The molecular formula is C18H20N4O3. The highest BCUT2D eigenvalue weighted by Gasteiger charge is 2.29. The van der Waals surface area contributed by atoms with Gasteiger partial charge in [0.25, 0.3) is 0 Å². The molecule has 2 heterocycles. The van der Waals surface area contributed by atoms with Crippen molar-refractivity contribution in [3.63, 3.8) is 0 Å². The van der Waals surface area contributed by atoms with E-state index >= 15 is 0 Å². The summed E-state index contributed by atoms with van der Waals surface area (Å²) in [5.74, 6) is -1.41. The third kappa shape index (κ3) is 3.77. The Balaban J connectivity index is 1.71. The maximum absolute atomic E-state index is 12.0. The number of anilines is 1. The van der Waals surface area contributed by atoms with Crippen LogP contribution in [0.1, 0.15) is 22.1 Å². The van der Waals surface area contributed by atoms with Gasteiger partial charge in [0.1, 0.15) is 11.7 Å². The topological polar surface area (TPSA) is 99.8 Å². The van der Waals surface area contributed by atoms with E-state index in [2.05, 4.69) is 14.8 Å². The molecule has 130 valence electrons. The lowest BCUT2D eigenvalue weighted by Crippen LogP contribution is -2.50. The molecule has 0 radical (unpaired) electrons. The number of rotatable bonds is 5. The lowest BCUT2D eigenvalue weighted by atomic mass is 10.0. The van der Waals surface area contributed by atoms with E-state index in [0.717, 1.165) is 11.3 Å². The van der Waals surface area contributed by atoms with Crippen LogP contribution in [0.2, 0.25) is 0 Å². The molecule has 1 saturated heterocycles. The first-order valence-electron chi connectivity index (χ1n) is 8.09. The predicted octanol–water partition coefficient (Wildman–Crippen LogP) is 1.13. The second-order valence-corrected chi connectivity index (χ2v) is 5.94. The zero-order valence-corrected chi connectivity index (χ0v) is 13.7. The number of nitrogens with zero attached hydrogens (tertiary/aromatic N) is 3. The lowest BCUT2D eigenvalue weighted by molar-refractivity contribution is -0.123. The van der Waals surface area contributed by atoms with Crippen molar-refractivity contribution >= 4 is 17.6 Å². The molecule has 3 rings (SSSR count). The minimum atomic E-state index is -1.04. The first kappa shape index (κ1) is 16.9. The van der Waals surface area contributed by atoms with Crippen molar-refractivity contribution in [1.29, 1.82) is 0 Å². The number of pyridine rings is 1. The smallest absolute Gasteiger partial charge is 0.354 e. The van der Waals surface area contributed by atoms with Gasteiger partial charge < -0.3 is 15.7 Å². The Morgan fingerprint density at radius 2 is 1.76 bits per heavy atom. The van der Waals surface area contributed by atoms with E-state index in [1.54, 1.807) is 12.1 Å². The molecule has 1 fully saturated rings. The summed E-state index contributed by atoms with van der Waals surface area (Å²) in [7, 11) is 0. The number of piperazine rings is 1. The highest BCUT2D eigenvalue weighted by molar-refractivity contribution is 5.86. The summed E-state index contributed by atoms with van der Waals surface area (Å²) in [6.07, 6.45) is 1.50. The molecule has 1 aromatic carbocycles. The molecule has 1 unspecified atom stereocenters. The van der Waals surface area contributed by atoms with E-state index in [1.165, 1.54) is 6.20 Å². The van der Waals surface area contributed by atoms with E-state index in [-0.39, 0.29) is 11.6 Å². The van der Waals surface area contributed by atoms with Crippen LogP contribution in [-0.4, -0.2) is 53.0 Å². The average Bonchev–Trinajstić information content (AvgIpc) is 2.63. The summed E-state index contributed by atoms with van der Waals surface area (Å²) in [5.41, 5.74) is 7.37. The fourth-order valence-corrected chi connectivity index (χ4v) is 3.16. The number of primary amides is 1. The first-order valence-corrected chi connectivity index (χ1v) is 8.09. The van der Waals surface area contributed by atoms with E-state index in [0.29, 0.717) is 26.2 Å². The molecule has 1 aromatic heterocycles. The van der Waals surface area contributed by atoms with Gasteiger partial charge in [-0.25, -0.2) is 9.78 Å². The third-order valence-electron chi connectivity index (χ3n) is 4.39. The van der Waals surface area contributed by atoms with Crippen LogP contribution in [0.25, 0.3) is 0 Å². The van der Waals surface area contributed by atoms with E-state index in [4.69, 9.17) is 10.8 Å². The van der Waals surface area contributed by atoms with E-state index in [9.17, 15) is 9.59 Å².